The molecule has 0 unspecified atom stereocenters. The minimum atomic E-state index is -4.65. The number of rotatable bonds is 9. The SMILES string of the molecule is CC(C)(C)OC(=O)NC1CCC(Oc2ccc3c(c2N(CC2(C#N)CC2)S(=O)(=O)c2ccccc2[N+](=O)[O-])CC(C)(C)c2c(N)ncnc2-3)CC1. The number of anilines is 2. The number of sulfonamides is 1. The molecule has 51 heavy (non-hydrogen) atoms. The number of nitro groups is 1. The van der Waals surface area contributed by atoms with Gasteiger partial charge in [-0.15, -0.1) is 0 Å². The van der Waals surface area contributed by atoms with Crippen LogP contribution in [0.15, 0.2) is 47.6 Å². The highest BCUT2D eigenvalue weighted by Crippen LogP contribution is 2.53. The van der Waals surface area contributed by atoms with Gasteiger partial charge in [-0.05, 0) is 94.9 Å². The van der Waals surface area contributed by atoms with Crippen molar-refractivity contribution < 1.29 is 27.6 Å². The molecule has 0 aliphatic heterocycles. The Kier molecular flexibility index (Phi) is 9.12. The van der Waals surface area contributed by atoms with E-state index in [2.05, 4.69) is 21.4 Å². The lowest BCUT2D eigenvalue weighted by Gasteiger charge is -2.38. The third kappa shape index (κ3) is 7.14. The van der Waals surface area contributed by atoms with E-state index >= 15 is 0 Å². The molecule has 0 radical (unpaired) electrons. The van der Waals surface area contributed by atoms with Crippen LogP contribution in [0.25, 0.3) is 11.3 Å². The maximum atomic E-state index is 14.9. The number of aromatic nitrogens is 2. The van der Waals surface area contributed by atoms with Crippen LogP contribution < -0.4 is 20.1 Å². The van der Waals surface area contributed by atoms with E-state index < -0.39 is 48.1 Å². The summed E-state index contributed by atoms with van der Waals surface area (Å²) in [6, 6.07) is 10.9. The number of fused-ring (bicyclic) bond motifs is 3. The van der Waals surface area contributed by atoms with Gasteiger partial charge in [0.1, 0.15) is 23.5 Å². The van der Waals surface area contributed by atoms with Crippen LogP contribution in [0.2, 0.25) is 0 Å². The van der Waals surface area contributed by atoms with Crippen molar-refractivity contribution in [3.8, 4) is 23.1 Å². The van der Waals surface area contributed by atoms with Gasteiger partial charge in [0.2, 0.25) is 0 Å². The van der Waals surface area contributed by atoms with Crippen LogP contribution in [0.4, 0.5) is 22.0 Å². The second kappa shape index (κ2) is 13.0. The number of nitrogens with one attached hydrogen (secondary N) is 1. The van der Waals surface area contributed by atoms with Gasteiger partial charge in [-0.3, -0.25) is 14.4 Å². The predicted octanol–water partition coefficient (Wildman–Crippen LogP) is 6.18. The molecule has 3 aliphatic carbocycles. The van der Waals surface area contributed by atoms with Crippen molar-refractivity contribution in [1.29, 1.82) is 5.26 Å². The lowest BCUT2D eigenvalue weighted by molar-refractivity contribution is -0.387. The Morgan fingerprint density at radius 1 is 1.14 bits per heavy atom. The maximum Gasteiger partial charge on any atom is 0.407 e. The number of para-hydroxylation sites is 1. The molecule has 6 rings (SSSR count). The molecule has 0 spiro atoms. The zero-order valence-electron chi connectivity index (χ0n) is 29.4. The van der Waals surface area contributed by atoms with Crippen LogP contribution in [-0.4, -0.2) is 53.7 Å². The molecule has 2 saturated carbocycles. The average Bonchev–Trinajstić information content (AvgIpc) is 3.83. The number of nitriles is 1. The van der Waals surface area contributed by atoms with Crippen molar-refractivity contribution in [1.82, 2.24) is 15.3 Å². The smallest absolute Gasteiger partial charge is 0.407 e. The fraction of sp³-hybridized carbons (Fsp3) is 0.500. The first-order valence-electron chi connectivity index (χ1n) is 17.1. The van der Waals surface area contributed by atoms with Gasteiger partial charge in [0.15, 0.2) is 4.90 Å². The van der Waals surface area contributed by atoms with Gasteiger partial charge in [-0.2, -0.15) is 5.26 Å². The van der Waals surface area contributed by atoms with E-state index in [1.165, 1.54) is 24.5 Å². The van der Waals surface area contributed by atoms with Crippen LogP contribution in [0.5, 0.6) is 5.75 Å². The van der Waals surface area contributed by atoms with E-state index in [0.29, 0.717) is 67.6 Å². The molecule has 1 heterocycles. The summed E-state index contributed by atoms with van der Waals surface area (Å²) in [4.78, 5) is 32.2. The third-order valence-corrected chi connectivity index (χ3v) is 11.6. The van der Waals surface area contributed by atoms with Crippen molar-refractivity contribution >= 4 is 33.3 Å². The number of carbonyl (C=O) groups is 1. The number of hydrogen-bond donors (Lipinski definition) is 2. The maximum absolute atomic E-state index is 14.9. The topological polar surface area (TPSA) is 204 Å². The van der Waals surface area contributed by atoms with Crippen molar-refractivity contribution in [2.45, 2.75) is 108 Å². The quantitative estimate of drug-likeness (QED) is 0.189. The third-order valence-electron chi connectivity index (χ3n) is 9.78. The first kappa shape index (κ1) is 35.8. The summed E-state index contributed by atoms with van der Waals surface area (Å²) in [6.07, 6.45) is 4.16. The normalized spacial score (nSPS) is 20.2. The number of nitrogen functional groups attached to an aromatic ring is 1. The molecule has 14 nitrogen and oxygen atoms in total. The number of nitro benzene ring substituents is 1. The lowest BCUT2D eigenvalue weighted by Crippen LogP contribution is -2.42. The monoisotopic (exact) mass is 717 g/mol. The molecule has 3 N–H and O–H groups in total. The average molecular weight is 718 g/mol. The second-order valence-electron chi connectivity index (χ2n) is 15.3. The van der Waals surface area contributed by atoms with E-state index in [-0.39, 0.29) is 30.1 Å². The Labute approximate surface area is 297 Å². The van der Waals surface area contributed by atoms with Crippen LogP contribution in [0, 0.1) is 26.9 Å². The highest BCUT2D eigenvalue weighted by Gasteiger charge is 2.50. The first-order chi connectivity index (χ1) is 23.9. The number of hydrogen-bond acceptors (Lipinski definition) is 11. The van der Waals surface area contributed by atoms with E-state index in [9.17, 15) is 28.6 Å². The number of alkyl carbamates (subject to hydrolysis) is 1. The fourth-order valence-electron chi connectivity index (χ4n) is 7.12. The van der Waals surface area contributed by atoms with Gasteiger partial charge in [0.05, 0.1) is 40.4 Å². The largest absolute Gasteiger partial charge is 0.488 e. The standard InChI is InChI=1S/C36H43N7O7S/c1-34(2,3)50-33(44)41-22-10-12-23(13-11-22)49-27-15-14-24-25(18-35(4,5)29-30(24)39-21-40-32(29)38)31(27)42(20-36(19-37)16-17-36)51(47,48)28-9-7-6-8-26(28)43(45)46/h6-9,14-15,21-23H,10-13,16-18,20H2,1-5H3,(H,41,44)(H2,38,39,40). The van der Waals surface area contributed by atoms with Gasteiger partial charge >= 0.3 is 6.09 Å². The molecule has 15 heteroatoms. The van der Waals surface area contributed by atoms with Crippen LogP contribution >= 0.6 is 0 Å². The summed E-state index contributed by atoms with van der Waals surface area (Å²) in [6.45, 7) is 9.13. The molecule has 0 saturated heterocycles. The highest BCUT2D eigenvalue weighted by molar-refractivity contribution is 7.93. The zero-order valence-corrected chi connectivity index (χ0v) is 30.2. The Bertz CT molecular complexity index is 2030. The summed E-state index contributed by atoms with van der Waals surface area (Å²) < 4.78 is 43.0. The molecule has 0 bridgehead atoms. The van der Waals surface area contributed by atoms with Crippen molar-refractivity contribution in [2.75, 3.05) is 16.6 Å². The van der Waals surface area contributed by atoms with Crippen LogP contribution in [-0.2, 0) is 26.6 Å². The molecular weight excluding hydrogens is 675 g/mol. The Morgan fingerprint density at radius 3 is 2.45 bits per heavy atom. The molecule has 0 atom stereocenters. The van der Waals surface area contributed by atoms with Gasteiger partial charge in [-0.25, -0.2) is 23.2 Å². The van der Waals surface area contributed by atoms with Crippen LogP contribution in [0.3, 0.4) is 0 Å². The highest BCUT2D eigenvalue weighted by atomic mass is 32.2. The Hall–Kier alpha value is -4.97. The molecular formula is C36H43N7O7S. The van der Waals surface area contributed by atoms with E-state index in [4.69, 9.17) is 15.2 Å². The van der Waals surface area contributed by atoms with Crippen molar-refractivity contribution in [3.05, 3.63) is 64.0 Å². The molecule has 3 aromatic rings. The number of amides is 1. The molecule has 270 valence electrons. The minimum Gasteiger partial charge on any atom is -0.488 e. The second-order valence-corrected chi connectivity index (χ2v) is 17.2. The first-order valence-corrected chi connectivity index (χ1v) is 18.5. The fourth-order valence-corrected chi connectivity index (χ4v) is 8.88. The van der Waals surface area contributed by atoms with E-state index in [1.54, 1.807) is 26.8 Å². The predicted molar refractivity (Wildman–Crippen MR) is 190 cm³/mol. The number of nitrogens with zero attached hydrogens (tertiary/aromatic N) is 5. The zero-order chi connectivity index (χ0) is 36.9. The lowest BCUT2D eigenvalue weighted by atomic mass is 9.71. The van der Waals surface area contributed by atoms with Crippen molar-refractivity contribution in [2.24, 2.45) is 5.41 Å². The Balaban J connectivity index is 1.47. The molecule has 1 aromatic heterocycles. The number of nitrogens with two attached hydrogens (primary N) is 1. The van der Waals surface area contributed by atoms with E-state index in [0.717, 1.165) is 15.9 Å². The summed E-state index contributed by atoms with van der Waals surface area (Å²) >= 11 is 0. The minimum absolute atomic E-state index is 0.119. The van der Waals surface area contributed by atoms with Crippen molar-refractivity contribution in [3.63, 3.8) is 0 Å². The molecule has 2 fully saturated rings. The van der Waals surface area contributed by atoms with Gasteiger partial charge in [0, 0.05) is 23.2 Å². The summed E-state index contributed by atoms with van der Waals surface area (Å²) in [5.41, 5.74) is 6.31. The summed E-state index contributed by atoms with van der Waals surface area (Å²) in [5, 5.41) is 25.3. The molecule has 2 aromatic carbocycles. The molecule has 3 aliphatic rings. The number of benzene rings is 2. The summed E-state index contributed by atoms with van der Waals surface area (Å²) in [5.74, 6) is 0.592. The van der Waals surface area contributed by atoms with E-state index in [1.807, 2.05) is 19.9 Å². The van der Waals surface area contributed by atoms with Gasteiger partial charge in [-0.1, -0.05) is 26.0 Å². The Morgan fingerprint density at radius 2 is 1.82 bits per heavy atom. The van der Waals surface area contributed by atoms with Crippen LogP contribution in [0.1, 0.15) is 84.3 Å². The van der Waals surface area contributed by atoms with Gasteiger partial charge in [0.25, 0.3) is 15.7 Å². The number of carbonyl (C=O) groups excluding carboxylic acids is 1. The van der Waals surface area contributed by atoms with Gasteiger partial charge < -0.3 is 20.5 Å². The number of ether oxygens (including phenoxy) is 2. The summed E-state index contributed by atoms with van der Waals surface area (Å²) in [7, 11) is -4.65. The molecule has 1 amide bonds.